The SMILES string of the molecule is CC(C)C(=O)N1Cc2cncn2[C@H](C(=O)NCc2ccco2)C1. The van der Waals surface area contributed by atoms with Crippen LogP contribution in [-0.4, -0.2) is 32.8 Å². The molecule has 0 unspecified atom stereocenters. The number of rotatable bonds is 4. The van der Waals surface area contributed by atoms with Gasteiger partial charge in [-0.25, -0.2) is 4.98 Å². The molecule has 1 atom stereocenters. The van der Waals surface area contributed by atoms with Crippen LogP contribution in [0.1, 0.15) is 31.3 Å². The van der Waals surface area contributed by atoms with Crippen LogP contribution < -0.4 is 5.32 Å². The predicted octanol–water partition coefficient (Wildman–Crippen LogP) is 1.33. The molecular weight excluding hydrogens is 296 g/mol. The number of hydrogen-bond donors (Lipinski definition) is 1. The first-order chi connectivity index (χ1) is 11.1. The lowest BCUT2D eigenvalue weighted by molar-refractivity contribution is -0.138. The highest BCUT2D eigenvalue weighted by molar-refractivity contribution is 5.83. The molecule has 7 heteroatoms. The molecule has 3 rings (SSSR count). The Hall–Kier alpha value is -2.57. The fourth-order valence-electron chi connectivity index (χ4n) is 2.74. The number of nitrogens with zero attached hydrogens (tertiary/aromatic N) is 3. The van der Waals surface area contributed by atoms with Crippen LogP contribution in [0.3, 0.4) is 0 Å². The molecule has 122 valence electrons. The van der Waals surface area contributed by atoms with Gasteiger partial charge in [0.05, 0.1) is 37.9 Å². The van der Waals surface area contributed by atoms with Crippen LogP contribution in [-0.2, 0) is 22.7 Å². The van der Waals surface area contributed by atoms with Gasteiger partial charge >= 0.3 is 0 Å². The summed E-state index contributed by atoms with van der Waals surface area (Å²) in [6.07, 6.45) is 4.91. The zero-order chi connectivity index (χ0) is 16.4. The van der Waals surface area contributed by atoms with Gasteiger partial charge in [-0.05, 0) is 12.1 Å². The van der Waals surface area contributed by atoms with E-state index in [9.17, 15) is 9.59 Å². The van der Waals surface area contributed by atoms with Crippen LogP contribution >= 0.6 is 0 Å². The molecule has 0 saturated heterocycles. The van der Waals surface area contributed by atoms with Crippen LogP contribution in [0.5, 0.6) is 0 Å². The fourth-order valence-corrected chi connectivity index (χ4v) is 2.74. The number of amides is 2. The summed E-state index contributed by atoms with van der Waals surface area (Å²) >= 11 is 0. The lowest BCUT2D eigenvalue weighted by Gasteiger charge is -2.34. The van der Waals surface area contributed by atoms with Crippen molar-refractivity contribution in [3.8, 4) is 0 Å². The Kier molecular flexibility index (Phi) is 4.18. The minimum Gasteiger partial charge on any atom is -0.467 e. The van der Waals surface area contributed by atoms with Crippen molar-refractivity contribution in [3.63, 3.8) is 0 Å². The molecule has 1 aliphatic heterocycles. The molecule has 0 radical (unpaired) electrons. The third kappa shape index (κ3) is 3.13. The van der Waals surface area contributed by atoms with Crippen LogP contribution in [0, 0.1) is 5.92 Å². The maximum absolute atomic E-state index is 12.6. The highest BCUT2D eigenvalue weighted by Gasteiger charge is 2.33. The van der Waals surface area contributed by atoms with E-state index in [0.717, 1.165) is 5.69 Å². The van der Waals surface area contributed by atoms with E-state index >= 15 is 0 Å². The molecule has 0 saturated carbocycles. The molecule has 2 amide bonds. The van der Waals surface area contributed by atoms with Crippen LogP contribution in [0.15, 0.2) is 35.3 Å². The number of imidazole rings is 1. The Morgan fingerprint density at radius 1 is 1.48 bits per heavy atom. The van der Waals surface area contributed by atoms with E-state index in [2.05, 4.69) is 10.3 Å². The molecule has 1 aliphatic rings. The number of fused-ring (bicyclic) bond motifs is 1. The van der Waals surface area contributed by atoms with Crippen molar-refractivity contribution in [2.24, 2.45) is 5.92 Å². The number of carbonyl (C=O) groups is 2. The summed E-state index contributed by atoms with van der Waals surface area (Å²) in [5.74, 6) is 0.481. The van der Waals surface area contributed by atoms with Crippen molar-refractivity contribution >= 4 is 11.8 Å². The van der Waals surface area contributed by atoms with Gasteiger partial charge in [-0.2, -0.15) is 0 Å². The highest BCUT2D eigenvalue weighted by Crippen LogP contribution is 2.22. The summed E-state index contributed by atoms with van der Waals surface area (Å²) in [7, 11) is 0. The summed E-state index contributed by atoms with van der Waals surface area (Å²) < 4.78 is 7.05. The minimum absolute atomic E-state index is 0.0429. The minimum atomic E-state index is -0.473. The van der Waals surface area contributed by atoms with E-state index in [4.69, 9.17) is 4.42 Å². The summed E-state index contributed by atoms with van der Waals surface area (Å²) in [5, 5.41) is 2.85. The largest absolute Gasteiger partial charge is 0.467 e. The lowest BCUT2D eigenvalue weighted by atomic mass is 10.1. The van der Waals surface area contributed by atoms with Gasteiger partial charge in [0, 0.05) is 12.1 Å². The third-order valence-electron chi connectivity index (χ3n) is 3.95. The third-order valence-corrected chi connectivity index (χ3v) is 3.95. The van der Waals surface area contributed by atoms with E-state index < -0.39 is 6.04 Å². The molecule has 0 aromatic carbocycles. The zero-order valence-corrected chi connectivity index (χ0v) is 13.2. The number of aromatic nitrogens is 2. The molecule has 0 spiro atoms. The zero-order valence-electron chi connectivity index (χ0n) is 13.2. The Balaban J connectivity index is 1.74. The summed E-state index contributed by atoms with van der Waals surface area (Å²) in [6, 6.07) is 3.11. The van der Waals surface area contributed by atoms with Crippen molar-refractivity contribution in [1.29, 1.82) is 0 Å². The van der Waals surface area contributed by atoms with Crippen molar-refractivity contribution in [2.45, 2.75) is 33.0 Å². The van der Waals surface area contributed by atoms with Crippen molar-refractivity contribution in [1.82, 2.24) is 19.8 Å². The fraction of sp³-hybridized carbons (Fsp3) is 0.438. The lowest BCUT2D eigenvalue weighted by Crippen LogP contribution is -2.47. The molecule has 1 N–H and O–H groups in total. The maximum atomic E-state index is 12.6. The predicted molar refractivity (Wildman–Crippen MR) is 82.1 cm³/mol. The molecule has 2 aromatic rings. The van der Waals surface area contributed by atoms with E-state index in [-0.39, 0.29) is 17.7 Å². The quantitative estimate of drug-likeness (QED) is 0.923. The molecule has 23 heavy (non-hydrogen) atoms. The van der Waals surface area contributed by atoms with Crippen LogP contribution in [0.25, 0.3) is 0 Å². The van der Waals surface area contributed by atoms with Gasteiger partial charge in [0.15, 0.2) is 0 Å². The van der Waals surface area contributed by atoms with Gasteiger partial charge in [0.1, 0.15) is 11.8 Å². The van der Waals surface area contributed by atoms with Crippen molar-refractivity contribution < 1.29 is 14.0 Å². The number of carbonyl (C=O) groups excluding carboxylic acids is 2. The smallest absolute Gasteiger partial charge is 0.245 e. The normalized spacial score (nSPS) is 17.2. The molecular formula is C16H20N4O3. The Morgan fingerprint density at radius 2 is 2.30 bits per heavy atom. The number of hydrogen-bond acceptors (Lipinski definition) is 4. The molecule has 7 nitrogen and oxygen atoms in total. The molecule has 0 bridgehead atoms. The summed E-state index contributed by atoms with van der Waals surface area (Å²) in [5.41, 5.74) is 0.864. The maximum Gasteiger partial charge on any atom is 0.245 e. The van der Waals surface area contributed by atoms with Gasteiger partial charge in [0.25, 0.3) is 0 Å². The number of furan rings is 1. The first kappa shape index (κ1) is 15.3. The summed E-state index contributed by atoms with van der Waals surface area (Å²) in [6.45, 7) is 4.88. The second-order valence-electron chi connectivity index (χ2n) is 5.98. The van der Waals surface area contributed by atoms with Gasteiger partial charge < -0.3 is 19.2 Å². The Morgan fingerprint density at radius 3 is 3.00 bits per heavy atom. The molecule has 0 fully saturated rings. The van der Waals surface area contributed by atoms with E-state index in [0.29, 0.717) is 25.4 Å². The van der Waals surface area contributed by atoms with Crippen molar-refractivity contribution in [2.75, 3.05) is 6.54 Å². The standard InChI is InChI=1S/C16H20N4O3/c1-11(2)16(22)19-8-12-6-17-10-20(12)14(9-19)15(21)18-7-13-4-3-5-23-13/h3-6,10-11,14H,7-9H2,1-2H3,(H,18,21)/t14-/m0/s1. The van der Waals surface area contributed by atoms with Gasteiger partial charge in [0.2, 0.25) is 11.8 Å². The van der Waals surface area contributed by atoms with Crippen molar-refractivity contribution in [3.05, 3.63) is 42.4 Å². The van der Waals surface area contributed by atoms with Gasteiger partial charge in [-0.1, -0.05) is 13.8 Å². The van der Waals surface area contributed by atoms with Crippen LogP contribution in [0.2, 0.25) is 0 Å². The molecule has 0 aliphatic carbocycles. The van der Waals surface area contributed by atoms with Crippen LogP contribution in [0.4, 0.5) is 0 Å². The monoisotopic (exact) mass is 316 g/mol. The highest BCUT2D eigenvalue weighted by atomic mass is 16.3. The first-order valence-electron chi connectivity index (χ1n) is 7.66. The van der Waals surface area contributed by atoms with Gasteiger partial charge in [-0.15, -0.1) is 0 Å². The second kappa shape index (κ2) is 6.28. The number of nitrogens with one attached hydrogen (secondary N) is 1. The average Bonchev–Trinajstić information content (AvgIpc) is 3.21. The van der Waals surface area contributed by atoms with E-state index in [1.54, 1.807) is 35.8 Å². The van der Waals surface area contributed by atoms with E-state index in [1.807, 2.05) is 18.4 Å². The summed E-state index contributed by atoms with van der Waals surface area (Å²) in [4.78, 5) is 30.7. The average molecular weight is 316 g/mol. The van der Waals surface area contributed by atoms with E-state index in [1.165, 1.54) is 0 Å². The molecule has 2 aromatic heterocycles. The Bertz CT molecular complexity index is 690. The van der Waals surface area contributed by atoms with Gasteiger partial charge in [-0.3, -0.25) is 9.59 Å². The molecule has 3 heterocycles. The first-order valence-corrected chi connectivity index (χ1v) is 7.66. The topological polar surface area (TPSA) is 80.4 Å². The second-order valence-corrected chi connectivity index (χ2v) is 5.98. The Labute approximate surface area is 134 Å².